The maximum atomic E-state index is 12.2. The molecule has 34 heavy (non-hydrogen) atoms. The van der Waals surface area contributed by atoms with Gasteiger partial charge >= 0.3 is 5.63 Å². The van der Waals surface area contributed by atoms with E-state index in [0.29, 0.717) is 33.8 Å². The largest absolute Gasteiger partial charge is 0.508 e. The molecule has 0 atom stereocenters. The molecule has 2 aromatic carbocycles. The number of hydrogen-bond acceptors (Lipinski definition) is 7. The monoisotopic (exact) mass is 490 g/mol. The number of rotatable bonds is 6. The summed E-state index contributed by atoms with van der Waals surface area (Å²) in [5.41, 5.74) is 3.20. The lowest BCUT2D eigenvalue weighted by atomic mass is 10.1. The Morgan fingerprint density at radius 1 is 1.03 bits per heavy atom. The van der Waals surface area contributed by atoms with Crippen LogP contribution in [-0.4, -0.2) is 24.9 Å². The van der Waals surface area contributed by atoms with Gasteiger partial charge in [-0.05, 0) is 60.0 Å². The van der Waals surface area contributed by atoms with Gasteiger partial charge in [0.2, 0.25) is 0 Å². The van der Waals surface area contributed by atoms with Crippen molar-refractivity contribution in [2.24, 2.45) is 0 Å². The summed E-state index contributed by atoms with van der Waals surface area (Å²) in [5.74, 6) is 1.24. The molecule has 0 spiro atoms. The highest BCUT2D eigenvalue weighted by Crippen LogP contribution is 2.33. The van der Waals surface area contributed by atoms with E-state index in [1.165, 1.54) is 23.9 Å². The lowest BCUT2D eigenvalue weighted by molar-refractivity contribution is 0.466. The minimum absolute atomic E-state index is 0.118. The fraction of sp³-hybridized carbons (Fsp3) is 0.120. The third-order valence-corrected chi connectivity index (χ3v) is 6.65. The lowest BCUT2D eigenvalue weighted by Crippen LogP contribution is -2.02. The van der Waals surface area contributed by atoms with E-state index in [9.17, 15) is 9.90 Å². The molecule has 0 aliphatic heterocycles. The number of nitrogens with zero attached hydrogens (tertiary/aromatic N) is 4. The molecule has 170 valence electrons. The van der Waals surface area contributed by atoms with Crippen LogP contribution >= 0.6 is 23.4 Å². The van der Waals surface area contributed by atoms with Gasteiger partial charge in [0, 0.05) is 51.9 Å². The first kappa shape index (κ1) is 22.2. The van der Waals surface area contributed by atoms with Gasteiger partial charge in [0.05, 0.1) is 0 Å². The van der Waals surface area contributed by atoms with Gasteiger partial charge in [-0.3, -0.25) is 9.55 Å². The fourth-order valence-electron chi connectivity index (χ4n) is 3.73. The molecule has 1 N–H and O–H groups in total. The van der Waals surface area contributed by atoms with Crippen molar-refractivity contribution in [2.45, 2.75) is 24.3 Å². The molecule has 0 radical (unpaired) electrons. The number of aryl methyl sites for hydroxylation is 1. The van der Waals surface area contributed by atoms with Crippen LogP contribution in [0.3, 0.4) is 0 Å². The zero-order valence-electron chi connectivity index (χ0n) is 18.1. The Balaban J connectivity index is 1.57. The molecule has 3 aromatic heterocycles. The van der Waals surface area contributed by atoms with E-state index >= 15 is 0 Å². The van der Waals surface area contributed by atoms with Crippen LogP contribution in [0, 0.1) is 0 Å². The van der Waals surface area contributed by atoms with Gasteiger partial charge in [-0.2, -0.15) is 0 Å². The molecule has 0 aliphatic carbocycles. The fourth-order valence-corrected chi connectivity index (χ4v) is 4.80. The molecule has 0 aliphatic rings. The predicted octanol–water partition coefficient (Wildman–Crippen LogP) is 5.65. The highest BCUT2D eigenvalue weighted by atomic mass is 35.5. The van der Waals surface area contributed by atoms with Crippen LogP contribution in [-0.2, 0) is 12.2 Å². The maximum absolute atomic E-state index is 12.2. The number of phenolic OH excluding ortho intramolecular Hbond substituents is 1. The smallest absolute Gasteiger partial charge is 0.336 e. The highest BCUT2D eigenvalue weighted by Gasteiger charge is 2.18. The van der Waals surface area contributed by atoms with Crippen molar-refractivity contribution in [3.05, 3.63) is 93.6 Å². The molecular formula is C25H19ClN4O3S. The number of benzene rings is 2. The first-order chi connectivity index (χ1) is 16.5. The van der Waals surface area contributed by atoms with Crippen molar-refractivity contribution in [1.29, 1.82) is 0 Å². The number of hydrogen-bond donors (Lipinski definition) is 1. The van der Waals surface area contributed by atoms with Gasteiger partial charge in [0.1, 0.15) is 11.3 Å². The second kappa shape index (κ2) is 9.32. The van der Waals surface area contributed by atoms with E-state index in [1.807, 2.05) is 54.0 Å². The molecule has 3 heterocycles. The Morgan fingerprint density at radius 2 is 1.79 bits per heavy atom. The molecule has 0 fully saturated rings. The first-order valence-corrected chi connectivity index (χ1v) is 11.9. The number of fused-ring (bicyclic) bond motifs is 1. The van der Waals surface area contributed by atoms with Crippen LogP contribution in [0.2, 0.25) is 5.02 Å². The molecule has 5 aromatic rings. The van der Waals surface area contributed by atoms with Gasteiger partial charge in [0.15, 0.2) is 11.0 Å². The van der Waals surface area contributed by atoms with Crippen molar-refractivity contribution in [1.82, 2.24) is 19.7 Å². The van der Waals surface area contributed by atoms with Gasteiger partial charge in [0.25, 0.3) is 0 Å². The second-order valence-corrected chi connectivity index (χ2v) is 8.94. The normalized spacial score (nSPS) is 11.2. The van der Waals surface area contributed by atoms with E-state index in [4.69, 9.17) is 16.0 Å². The van der Waals surface area contributed by atoms with E-state index in [1.54, 1.807) is 12.4 Å². The Bertz CT molecular complexity index is 1530. The molecule has 0 saturated heterocycles. The number of thioether (sulfide) groups is 1. The molecule has 0 unspecified atom stereocenters. The topological polar surface area (TPSA) is 94.0 Å². The van der Waals surface area contributed by atoms with Crippen LogP contribution < -0.4 is 5.63 Å². The standard InChI is InChI=1S/C25H19ClN4O3S/c1-2-15-11-20-17(12-23(32)33-22(20)13-21(15)31)14-34-25-29-28-24(16-7-9-27-10-8-16)30(25)19-5-3-18(26)4-6-19/h3-13,31H,2,14H2,1H3. The third kappa shape index (κ3) is 4.30. The summed E-state index contributed by atoms with van der Waals surface area (Å²) in [6.07, 6.45) is 4.08. The molecule has 0 bridgehead atoms. The Hall–Kier alpha value is -3.62. The van der Waals surface area contributed by atoms with Gasteiger partial charge < -0.3 is 9.52 Å². The quantitative estimate of drug-likeness (QED) is 0.243. The Kier molecular flexibility index (Phi) is 6.08. The minimum Gasteiger partial charge on any atom is -0.508 e. The summed E-state index contributed by atoms with van der Waals surface area (Å²) in [6.45, 7) is 1.96. The third-order valence-electron chi connectivity index (χ3n) is 5.42. The molecule has 0 amide bonds. The lowest BCUT2D eigenvalue weighted by Gasteiger charge is -2.11. The van der Waals surface area contributed by atoms with Gasteiger partial charge in [-0.1, -0.05) is 30.3 Å². The summed E-state index contributed by atoms with van der Waals surface area (Å²) in [6, 6.07) is 16.0. The summed E-state index contributed by atoms with van der Waals surface area (Å²) in [5, 5.41) is 21.1. The van der Waals surface area contributed by atoms with E-state index in [-0.39, 0.29) is 5.75 Å². The number of aromatic nitrogens is 4. The summed E-state index contributed by atoms with van der Waals surface area (Å²) >= 11 is 7.56. The molecular weight excluding hydrogens is 472 g/mol. The maximum Gasteiger partial charge on any atom is 0.336 e. The second-order valence-electron chi connectivity index (χ2n) is 7.56. The minimum atomic E-state index is -0.469. The van der Waals surface area contributed by atoms with Crippen molar-refractivity contribution in [3.8, 4) is 22.8 Å². The van der Waals surface area contributed by atoms with Crippen molar-refractivity contribution in [3.63, 3.8) is 0 Å². The number of pyridine rings is 1. The van der Waals surface area contributed by atoms with E-state index in [2.05, 4.69) is 15.2 Å². The van der Waals surface area contributed by atoms with Crippen LogP contribution in [0.15, 0.2) is 81.4 Å². The van der Waals surface area contributed by atoms with Crippen molar-refractivity contribution < 1.29 is 9.52 Å². The highest BCUT2D eigenvalue weighted by molar-refractivity contribution is 7.98. The summed E-state index contributed by atoms with van der Waals surface area (Å²) in [4.78, 5) is 16.3. The molecule has 9 heteroatoms. The molecule has 5 rings (SSSR count). The summed E-state index contributed by atoms with van der Waals surface area (Å²) < 4.78 is 7.28. The van der Waals surface area contributed by atoms with Crippen molar-refractivity contribution >= 4 is 34.3 Å². The predicted molar refractivity (Wildman–Crippen MR) is 133 cm³/mol. The SMILES string of the molecule is CCc1cc2c(CSc3nnc(-c4ccncc4)n3-c3ccc(Cl)cc3)cc(=O)oc2cc1O. The zero-order valence-corrected chi connectivity index (χ0v) is 19.7. The number of halogens is 1. The van der Waals surface area contributed by atoms with Gasteiger partial charge in [-0.15, -0.1) is 10.2 Å². The van der Waals surface area contributed by atoms with Crippen LogP contribution in [0.5, 0.6) is 5.75 Å². The average molecular weight is 491 g/mol. The summed E-state index contributed by atoms with van der Waals surface area (Å²) in [7, 11) is 0. The molecule has 0 saturated carbocycles. The van der Waals surface area contributed by atoms with Crippen LogP contribution in [0.1, 0.15) is 18.1 Å². The van der Waals surface area contributed by atoms with Crippen LogP contribution in [0.4, 0.5) is 0 Å². The van der Waals surface area contributed by atoms with Crippen molar-refractivity contribution in [2.75, 3.05) is 0 Å². The van der Waals surface area contributed by atoms with E-state index < -0.39 is 5.63 Å². The Morgan fingerprint density at radius 3 is 2.53 bits per heavy atom. The van der Waals surface area contributed by atoms with Crippen LogP contribution in [0.25, 0.3) is 28.0 Å². The Labute approximate surface area is 204 Å². The molecule has 7 nitrogen and oxygen atoms in total. The average Bonchev–Trinajstić information content (AvgIpc) is 3.27. The number of aromatic hydroxyl groups is 1. The first-order valence-electron chi connectivity index (χ1n) is 10.6. The number of phenols is 1. The van der Waals surface area contributed by atoms with E-state index in [0.717, 1.165) is 27.8 Å². The van der Waals surface area contributed by atoms with Gasteiger partial charge in [-0.25, -0.2) is 4.79 Å². The zero-order chi connectivity index (χ0) is 23.7.